The second kappa shape index (κ2) is 4.52. The van der Waals surface area contributed by atoms with E-state index in [1.165, 1.54) is 5.56 Å². The van der Waals surface area contributed by atoms with Gasteiger partial charge in [0.15, 0.2) is 0 Å². The van der Waals surface area contributed by atoms with Crippen LogP contribution in [0.4, 0.5) is 0 Å². The van der Waals surface area contributed by atoms with E-state index in [2.05, 4.69) is 19.1 Å². The molecule has 0 aromatic heterocycles. The summed E-state index contributed by atoms with van der Waals surface area (Å²) >= 11 is 0. The first-order valence-electron chi connectivity index (χ1n) is 6.42. The molecular weight excluding hydrogens is 210 g/mol. The largest absolute Gasteiger partial charge is 0.335 e. The van der Waals surface area contributed by atoms with Crippen LogP contribution in [0.15, 0.2) is 30.3 Å². The molecule has 1 aliphatic heterocycles. The molecule has 2 heteroatoms. The van der Waals surface area contributed by atoms with Gasteiger partial charge < -0.3 is 4.90 Å². The fraction of sp³-hybridized carbons (Fsp3) is 0.533. The minimum atomic E-state index is -0.229. The Morgan fingerprint density at radius 1 is 1.35 bits per heavy atom. The predicted molar refractivity (Wildman–Crippen MR) is 69.6 cm³/mol. The molecule has 0 radical (unpaired) electrons. The third kappa shape index (κ3) is 2.21. The van der Waals surface area contributed by atoms with E-state index >= 15 is 0 Å². The van der Waals surface area contributed by atoms with E-state index in [0.29, 0.717) is 11.9 Å². The summed E-state index contributed by atoms with van der Waals surface area (Å²) in [5.74, 6) is 0.292. The number of carbonyl (C=O) groups is 1. The van der Waals surface area contributed by atoms with Crippen LogP contribution in [0.1, 0.15) is 45.2 Å². The highest BCUT2D eigenvalue weighted by atomic mass is 16.2. The molecule has 17 heavy (non-hydrogen) atoms. The summed E-state index contributed by atoms with van der Waals surface area (Å²) in [5, 5.41) is 0. The lowest BCUT2D eigenvalue weighted by molar-refractivity contribution is -0.149. The van der Waals surface area contributed by atoms with Crippen LogP contribution in [0.25, 0.3) is 0 Å². The monoisotopic (exact) mass is 231 g/mol. The van der Waals surface area contributed by atoms with Crippen LogP contribution in [-0.2, 0) is 4.79 Å². The normalized spacial score (nSPS) is 19.9. The molecule has 0 N–H and O–H groups in total. The molecule has 1 aliphatic rings. The lowest BCUT2D eigenvalue weighted by Gasteiger charge is -2.45. The topological polar surface area (TPSA) is 20.3 Å². The van der Waals surface area contributed by atoms with Gasteiger partial charge in [0, 0.05) is 12.0 Å². The number of amides is 1. The van der Waals surface area contributed by atoms with E-state index < -0.39 is 0 Å². The number of likely N-dealkylation sites (tertiary alicyclic amines) is 1. The summed E-state index contributed by atoms with van der Waals surface area (Å²) in [6, 6.07) is 10.6. The van der Waals surface area contributed by atoms with Gasteiger partial charge in [-0.3, -0.25) is 4.79 Å². The first kappa shape index (κ1) is 12.2. The van der Waals surface area contributed by atoms with Gasteiger partial charge in [-0.15, -0.1) is 0 Å². The van der Waals surface area contributed by atoms with Crippen molar-refractivity contribution in [3.05, 3.63) is 35.9 Å². The SMILES string of the molecule is CCC(C)(C)C(=O)N1CCC1c1ccccc1. The van der Waals surface area contributed by atoms with E-state index in [9.17, 15) is 4.79 Å². The van der Waals surface area contributed by atoms with E-state index in [4.69, 9.17) is 0 Å². The van der Waals surface area contributed by atoms with Crippen LogP contribution in [0.3, 0.4) is 0 Å². The minimum Gasteiger partial charge on any atom is -0.335 e. The number of hydrogen-bond acceptors (Lipinski definition) is 1. The Morgan fingerprint density at radius 2 is 2.00 bits per heavy atom. The molecule has 1 saturated heterocycles. The molecule has 1 fully saturated rings. The van der Waals surface area contributed by atoms with Crippen molar-refractivity contribution < 1.29 is 4.79 Å². The summed E-state index contributed by atoms with van der Waals surface area (Å²) in [4.78, 5) is 14.4. The molecule has 0 bridgehead atoms. The average molecular weight is 231 g/mol. The Kier molecular flexibility index (Phi) is 3.23. The Bertz CT molecular complexity index is 397. The van der Waals surface area contributed by atoms with Crippen molar-refractivity contribution in [2.24, 2.45) is 5.41 Å². The predicted octanol–water partition coefficient (Wildman–Crippen LogP) is 3.40. The Morgan fingerprint density at radius 3 is 2.47 bits per heavy atom. The van der Waals surface area contributed by atoms with Crippen LogP contribution in [-0.4, -0.2) is 17.4 Å². The first-order valence-corrected chi connectivity index (χ1v) is 6.42. The van der Waals surface area contributed by atoms with E-state index in [-0.39, 0.29) is 5.41 Å². The Balaban J connectivity index is 2.12. The summed E-state index contributed by atoms with van der Waals surface area (Å²) in [6.45, 7) is 7.06. The summed E-state index contributed by atoms with van der Waals surface area (Å²) in [6.07, 6.45) is 1.99. The zero-order valence-corrected chi connectivity index (χ0v) is 10.9. The van der Waals surface area contributed by atoms with Crippen LogP contribution >= 0.6 is 0 Å². The van der Waals surface area contributed by atoms with Crippen LogP contribution in [0, 0.1) is 5.41 Å². The van der Waals surface area contributed by atoms with Gasteiger partial charge in [0.2, 0.25) is 5.91 Å². The summed E-state index contributed by atoms with van der Waals surface area (Å²) in [7, 11) is 0. The molecule has 1 aromatic rings. The van der Waals surface area contributed by atoms with E-state index in [0.717, 1.165) is 19.4 Å². The van der Waals surface area contributed by atoms with Gasteiger partial charge in [-0.2, -0.15) is 0 Å². The van der Waals surface area contributed by atoms with Crippen molar-refractivity contribution in [3.8, 4) is 0 Å². The van der Waals surface area contributed by atoms with Gasteiger partial charge in [-0.1, -0.05) is 51.1 Å². The van der Waals surface area contributed by atoms with Gasteiger partial charge in [0.05, 0.1) is 6.04 Å². The number of benzene rings is 1. The van der Waals surface area contributed by atoms with Crippen molar-refractivity contribution in [2.45, 2.75) is 39.7 Å². The number of nitrogens with zero attached hydrogens (tertiary/aromatic N) is 1. The fourth-order valence-corrected chi connectivity index (χ4v) is 2.19. The zero-order valence-electron chi connectivity index (χ0n) is 10.9. The third-order valence-electron chi connectivity index (χ3n) is 3.93. The van der Waals surface area contributed by atoms with E-state index in [1.54, 1.807) is 0 Å². The summed E-state index contributed by atoms with van der Waals surface area (Å²) < 4.78 is 0. The number of carbonyl (C=O) groups excluding carboxylic acids is 1. The highest BCUT2D eigenvalue weighted by Gasteiger charge is 2.39. The molecule has 0 aliphatic carbocycles. The van der Waals surface area contributed by atoms with Crippen LogP contribution in [0.5, 0.6) is 0 Å². The first-order chi connectivity index (χ1) is 8.06. The highest BCUT2D eigenvalue weighted by molar-refractivity contribution is 5.83. The maximum atomic E-state index is 12.4. The van der Waals surface area contributed by atoms with E-state index in [1.807, 2.05) is 36.9 Å². The van der Waals surface area contributed by atoms with Gasteiger partial charge >= 0.3 is 0 Å². The lowest BCUT2D eigenvalue weighted by Crippen LogP contribution is -2.50. The zero-order chi connectivity index (χ0) is 12.5. The average Bonchev–Trinajstić information content (AvgIpc) is 2.29. The maximum absolute atomic E-state index is 12.4. The van der Waals surface area contributed by atoms with Crippen molar-refractivity contribution in [1.29, 1.82) is 0 Å². The number of rotatable bonds is 3. The van der Waals surface area contributed by atoms with Gasteiger partial charge in [0.25, 0.3) is 0 Å². The van der Waals surface area contributed by atoms with Crippen LogP contribution < -0.4 is 0 Å². The van der Waals surface area contributed by atoms with Crippen molar-refractivity contribution in [3.63, 3.8) is 0 Å². The summed E-state index contributed by atoms with van der Waals surface area (Å²) in [5.41, 5.74) is 1.03. The molecule has 2 nitrogen and oxygen atoms in total. The third-order valence-corrected chi connectivity index (χ3v) is 3.93. The molecular formula is C15H21NO. The lowest BCUT2D eigenvalue weighted by atomic mass is 9.84. The molecule has 0 spiro atoms. The fourth-order valence-electron chi connectivity index (χ4n) is 2.19. The number of hydrogen-bond donors (Lipinski definition) is 0. The quantitative estimate of drug-likeness (QED) is 0.780. The molecule has 0 saturated carbocycles. The molecule has 1 atom stereocenters. The standard InChI is InChI=1S/C15H21NO/c1-4-15(2,3)14(17)16-11-10-13(16)12-8-6-5-7-9-12/h5-9,13H,4,10-11H2,1-3H3. The maximum Gasteiger partial charge on any atom is 0.228 e. The Hall–Kier alpha value is -1.31. The molecule has 92 valence electrons. The van der Waals surface area contributed by atoms with Crippen molar-refractivity contribution in [2.75, 3.05) is 6.54 Å². The molecule has 1 heterocycles. The van der Waals surface area contributed by atoms with Crippen molar-refractivity contribution >= 4 is 5.91 Å². The van der Waals surface area contributed by atoms with Crippen molar-refractivity contribution in [1.82, 2.24) is 4.90 Å². The minimum absolute atomic E-state index is 0.229. The Labute approximate surface area is 104 Å². The molecule has 1 amide bonds. The van der Waals surface area contributed by atoms with Gasteiger partial charge in [0.1, 0.15) is 0 Å². The molecule has 2 rings (SSSR count). The van der Waals surface area contributed by atoms with Gasteiger partial charge in [-0.05, 0) is 18.4 Å². The van der Waals surface area contributed by atoms with Gasteiger partial charge in [-0.25, -0.2) is 0 Å². The second-order valence-electron chi connectivity index (χ2n) is 5.45. The highest BCUT2D eigenvalue weighted by Crippen LogP contribution is 2.37. The van der Waals surface area contributed by atoms with Crippen LogP contribution in [0.2, 0.25) is 0 Å². The molecule has 1 aromatic carbocycles. The molecule has 1 unspecified atom stereocenters. The second-order valence-corrected chi connectivity index (χ2v) is 5.45. The smallest absolute Gasteiger partial charge is 0.228 e.